The van der Waals surface area contributed by atoms with Crippen molar-refractivity contribution >= 4 is 11.6 Å². The lowest BCUT2D eigenvalue weighted by Crippen LogP contribution is -2.24. The van der Waals surface area contributed by atoms with E-state index in [1.54, 1.807) is 19.2 Å². The second kappa shape index (κ2) is 7.43. The number of hydrogen-bond donors (Lipinski definition) is 1. The van der Waals surface area contributed by atoms with Crippen molar-refractivity contribution in [3.63, 3.8) is 0 Å². The molecule has 0 spiro atoms. The SMILES string of the molecule is CCCNC(c1ccc(OC)cc1)c1cc(Cl)ccc1F. The number of ether oxygens (including phenoxy) is 1. The summed E-state index contributed by atoms with van der Waals surface area (Å²) in [5.74, 6) is 0.517. The predicted molar refractivity (Wildman–Crippen MR) is 84.5 cm³/mol. The molecule has 1 N–H and O–H groups in total. The first-order valence-electron chi connectivity index (χ1n) is 6.98. The van der Waals surface area contributed by atoms with Crippen LogP contribution in [-0.2, 0) is 0 Å². The highest BCUT2D eigenvalue weighted by Crippen LogP contribution is 2.28. The molecule has 0 aliphatic heterocycles. The Balaban J connectivity index is 2.38. The number of rotatable bonds is 6. The zero-order valence-corrected chi connectivity index (χ0v) is 13.0. The molecule has 1 atom stereocenters. The summed E-state index contributed by atoms with van der Waals surface area (Å²) in [5, 5.41) is 3.90. The van der Waals surface area contributed by atoms with Gasteiger partial charge in [-0.25, -0.2) is 4.39 Å². The Morgan fingerprint density at radius 3 is 2.52 bits per heavy atom. The first kappa shape index (κ1) is 15.8. The fourth-order valence-electron chi connectivity index (χ4n) is 2.23. The van der Waals surface area contributed by atoms with Gasteiger partial charge in [0.1, 0.15) is 11.6 Å². The van der Waals surface area contributed by atoms with Crippen LogP contribution < -0.4 is 10.1 Å². The van der Waals surface area contributed by atoms with Crippen molar-refractivity contribution in [2.75, 3.05) is 13.7 Å². The number of benzene rings is 2. The average Bonchev–Trinajstić information content (AvgIpc) is 2.51. The zero-order chi connectivity index (χ0) is 15.2. The summed E-state index contributed by atoms with van der Waals surface area (Å²) < 4.78 is 19.3. The van der Waals surface area contributed by atoms with Gasteiger partial charge >= 0.3 is 0 Å². The maximum absolute atomic E-state index is 14.2. The summed E-state index contributed by atoms with van der Waals surface area (Å²) in [6, 6.07) is 12.0. The van der Waals surface area contributed by atoms with Gasteiger partial charge in [-0.1, -0.05) is 30.7 Å². The standard InChI is InChI=1S/C17H19ClFNO/c1-3-10-20-17(12-4-7-14(21-2)8-5-12)15-11-13(18)6-9-16(15)19/h4-9,11,17,20H,3,10H2,1-2H3. The Labute approximate surface area is 129 Å². The zero-order valence-electron chi connectivity index (χ0n) is 12.2. The normalized spacial score (nSPS) is 12.2. The predicted octanol–water partition coefficient (Wildman–Crippen LogP) is 4.58. The number of methoxy groups -OCH3 is 1. The van der Waals surface area contributed by atoms with Gasteiger partial charge in [0.25, 0.3) is 0 Å². The molecule has 2 aromatic rings. The molecule has 21 heavy (non-hydrogen) atoms. The molecular weight excluding hydrogens is 289 g/mol. The maximum atomic E-state index is 14.2. The van der Waals surface area contributed by atoms with Gasteiger partial charge < -0.3 is 10.1 Å². The molecule has 0 aliphatic carbocycles. The van der Waals surface area contributed by atoms with Crippen molar-refractivity contribution in [2.45, 2.75) is 19.4 Å². The highest BCUT2D eigenvalue weighted by Gasteiger charge is 2.17. The van der Waals surface area contributed by atoms with Crippen LogP contribution in [0.15, 0.2) is 42.5 Å². The van der Waals surface area contributed by atoms with Crippen LogP contribution in [0.3, 0.4) is 0 Å². The van der Waals surface area contributed by atoms with Crippen LogP contribution in [0.5, 0.6) is 5.75 Å². The van der Waals surface area contributed by atoms with E-state index in [2.05, 4.69) is 12.2 Å². The van der Waals surface area contributed by atoms with E-state index in [-0.39, 0.29) is 11.9 Å². The second-order valence-electron chi connectivity index (χ2n) is 4.83. The number of halogens is 2. The molecule has 0 radical (unpaired) electrons. The molecule has 112 valence electrons. The molecular formula is C17H19ClFNO. The van der Waals surface area contributed by atoms with Crippen molar-refractivity contribution in [3.05, 3.63) is 64.4 Å². The van der Waals surface area contributed by atoms with E-state index in [4.69, 9.17) is 16.3 Å². The molecule has 2 aromatic carbocycles. The van der Waals surface area contributed by atoms with Gasteiger partial charge in [-0.3, -0.25) is 0 Å². The summed E-state index contributed by atoms with van der Waals surface area (Å²) in [5.41, 5.74) is 1.53. The molecule has 0 amide bonds. The van der Waals surface area contributed by atoms with Crippen LogP contribution in [-0.4, -0.2) is 13.7 Å². The van der Waals surface area contributed by atoms with Gasteiger partial charge in [-0.05, 0) is 48.9 Å². The van der Waals surface area contributed by atoms with E-state index >= 15 is 0 Å². The molecule has 0 saturated carbocycles. The third-order valence-corrected chi connectivity index (χ3v) is 3.55. The lowest BCUT2D eigenvalue weighted by molar-refractivity contribution is 0.414. The Hall–Kier alpha value is -1.58. The summed E-state index contributed by atoms with van der Waals surface area (Å²) in [7, 11) is 1.62. The third kappa shape index (κ3) is 3.96. The Morgan fingerprint density at radius 2 is 1.90 bits per heavy atom. The Morgan fingerprint density at radius 1 is 1.19 bits per heavy atom. The quantitative estimate of drug-likeness (QED) is 0.843. The topological polar surface area (TPSA) is 21.3 Å². The van der Waals surface area contributed by atoms with Crippen LogP contribution in [0, 0.1) is 5.82 Å². The van der Waals surface area contributed by atoms with E-state index < -0.39 is 0 Å². The first-order chi connectivity index (χ1) is 10.2. The minimum atomic E-state index is -0.260. The van der Waals surface area contributed by atoms with Gasteiger partial charge in [0.15, 0.2) is 0 Å². The van der Waals surface area contributed by atoms with Gasteiger partial charge in [0.05, 0.1) is 13.2 Å². The van der Waals surface area contributed by atoms with Crippen molar-refractivity contribution in [2.24, 2.45) is 0 Å². The molecule has 0 aromatic heterocycles. The summed E-state index contributed by atoms with van der Waals surface area (Å²) in [6.45, 7) is 2.87. The second-order valence-corrected chi connectivity index (χ2v) is 5.26. The Kier molecular flexibility index (Phi) is 5.59. The fraction of sp³-hybridized carbons (Fsp3) is 0.294. The molecule has 2 rings (SSSR count). The molecule has 0 heterocycles. The maximum Gasteiger partial charge on any atom is 0.128 e. The number of nitrogens with one attached hydrogen (secondary N) is 1. The smallest absolute Gasteiger partial charge is 0.128 e. The lowest BCUT2D eigenvalue weighted by Gasteiger charge is -2.20. The van der Waals surface area contributed by atoms with Crippen molar-refractivity contribution in [1.29, 1.82) is 0 Å². The van der Waals surface area contributed by atoms with Gasteiger partial charge in [-0.15, -0.1) is 0 Å². The minimum Gasteiger partial charge on any atom is -0.497 e. The van der Waals surface area contributed by atoms with Gasteiger partial charge in [0.2, 0.25) is 0 Å². The highest BCUT2D eigenvalue weighted by molar-refractivity contribution is 6.30. The van der Waals surface area contributed by atoms with Gasteiger partial charge in [-0.2, -0.15) is 0 Å². The third-order valence-electron chi connectivity index (χ3n) is 3.32. The van der Waals surface area contributed by atoms with Crippen LogP contribution in [0.1, 0.15) is 30.5 Å². The molecule has 4 heteroatoms. The van der Waals surface area contributed by atoms with Crippen LogP contribution in [0.25, 0.3) is 0 Å². The largest absolute Gasteiger partial charge is 0.497 e. The van der Waals surface area contributed by atoms with E-state index in [1.165, 1.54) is 6.07 Å². The van der Waals surface area contributed by atoms with Crippen LogP contribution >= 0.6 is 11.6 Å². The van der Waals surface area contributed by atoms with E-state index in [9.17, 15) is 4.39 Å². The lowest BCUT2D eigenvalue weighted by atomic mass is 9.98. The monoisotopic (exact) mass is 307 g/mol. The summed E-state index contributed by atoms with van der Waals surface area (Å²) in [6.07, 6.45) is 0.967. The molecule has 0 fully saturated rings. The summed E-state index contributed by atoms with van der Waals surface area (Å²) >= 11 is 6.02. The van der Waals surface area contributed by atoms with E-state index in [1.807, 2.05) is 24.3 Å². The molecule has 0 saturated heterocycles. The molecule has 0 bridgehead atoms. The first-order valence-corrected chi connectivity index (χ1v) is 7.35. The molecule has 1 unspecified atom stereocenters. The minimum absolute atomic E-state index is 0.227. The molecule has 2 nitrogen and oxygen atoms in total. The average molecular weight is 308 g/mol. The van der Waals surface area contributed by atoms with E-state index in [0.29, 0.717) is 10.6 Å². The van der Waals surface area contributed by atoms with E-state index in [0.717, 1.165) is 24.3 Å². The van der Waals surface area contributed by atoms with Crippen molar-refractivity contribution < 1.29 is 9.13 Å². The summed E-state index contributed by atoms with van der Waals surface area (Å²) in [4.78, 5) is 0. The van der Waals surface area contributed by atoms with Crippen molar-refractivity contribution in [1.82, 2.24) is 5.32 Å². The fourth-order valence-corrected chi connectivity index (χ4v) is 2.41. The van der Waals surface area contributed by atoms with Crippen LogP contribution in [0.2, 0.25) is 5.02 Å². The highest BCUT2D eigenvalue weighted by atomic mass is 35.5. The Bertz CT molecular complexity index is 586. The van der Waals surface area contributed by atoms with Crippen LogP contribution in [0.4, 0.5) is 4.39 Å². The van der Waals surface area contributed by atoms with Crippen molar-refractivity contribution in [3.8, 4) is 5.75 Å². The number of hydrogen-bond acceptors (Lipinski definition) is 2. The van der Waals surface area contributed by atoms with Gasteiger partial charge in [0, 0.05) is 10.6 Å². The molecule has 0 aliphatic rings.